The third kappa shape index (κ3) is 19.2. The summed E-state index contributed by atoms with van der Waals surface area (Å²) >= 11 is 0. The Bertz CT molecular complexity index is 297. The summed E-state index contributed by atoms with van der Waals surface area (Å²) in [6.07, 6.45) is 4.56. The number of nitrogens with two attached hydrogens (primary N) is 2. The molecule has 0 aromatic rings. The van der Waals surface area contributed by atoms with Gasteiger partial charge in [0.1, 0.15) is 0 Å². The number of rotatable bonds is 11. The molecule has 23 heavy (non-hydrogen) atoms. The van der Waals surface area contributed by atoms with Crippen LogP contribution < -0.4 is 22.1 Å². The van der Waals surface area contributed by atoms with Gasteiger partial charge >= 0.3 is 0 Å². The first kappa shape index (κ1) is 24.5. The van der Waals surface area contributed by atoms with E-state index in [1.165, 1.54) is 12.8 Å². The summed E-state index contributed by atoms with van der Waals surface area (Å²) < 4.78 is 0. The van der Waals surface area contributed by atoms with Crippen LogP contribution in [0.5, 0.6) is 0 Å². The predicted molar refractivity (Wildman–Crippen MR) is 113 cm³/mol. The summed E-state index contributed by atoms with van der Waals surface area (Å²) in [5.41, 5.74) is 11.5. The van der Waals surface area contributed by atoms with Crippen LogP contribution in [0.3, 0.4) is 0 Å². The van der Waals surface area contributed by atoms with Gasteiger partial charge in [0, 0.05) is 26.2 Å². The molecule has 0 bridgehead atoms. The highest BCUT2D eigenvalue weighted by molar-refractivity contribution is 14.0. The molecule has 0 atom stereocenters. The normalized spacial score (nSPS) is 12.4. The second-order valence-corrected chi connectivity index (χ2v) is 6.51. The largest absolute Gasteiger partial charge is 0.370 e. The number of unbranched alkanes of at least 4 members (excludes halogenated alkanes) is 3. The first-order chi connectivity index (χ1) is 10.4. The minimum absolute atomic E-state index is 0. The highest BCUT2D eigenvalue weighted by atomic mass is 127. The quantitative estimate of drug-likeness (QED) is 0.171. The van der Waals surface area contributed by atoms with Crippen molar-refractivity contribution in [2.75, 3.05) is 26.2 Å². The van der Waals surface area contributed by atoms with E-state index >= 15 is 0 Å². The van der Waals surface area contributed by atoms with Gasteiger partial charge in [-0.25, -0.2) is 0 Å². The molecule has 0 aromatic heterocycles. The molecule has 0 aliphatic rings. The van der Waals surface area contributed by atoms with Crippen molar-refractivity contribution in [1.29, 1.82) is 0 Å². The molecule has 7 heteroatoms. The monoisotopic (exact) mass is 440 g/mol. The Morgan fingerprint density at radius 2 is 1.09 bits per heavy atom. The number of nitrogens with zero attached hydrogens (tertiary/aromatic N) is 2. The van der Waals surface area contributed by atoms with Crippen LogP contribution in [-0.2, 0) is 0 Å². The average Bonchev–Trinajstić information content (AvgIpc) is 2.45. The summed E-state index contributed by atoms with van der Waals surface area (Å²) in [7, 11) is 0. The van der Waals surface area contributed by atoms with Crippen molar-refractivity contribution in [1.82, 2.24) is 10.6 Å². The van der Waals surface area contributed by atoms with Crippen molar-refractivity contribution in [2.24, 2.45) is 33.3 Å². The molecule has 0 spiro atoms. The minimum atomic E-state index is 0. The average molecular weight is 440 g/mol. The van der Waals surface area contributed by atoms with E-state index in [4.69, 9.17) is 11.5 Å². The smallest absolute Gasteiger partial charge is 0.188 e. The molecule has 6 N–H and O–H groups in total. The standard InChI is InChI=1S/C16H36N6.HI/c1-13(2)11-21-15(17)19-9-7-5-6-8-10-20-16(18)22-12-14(3)4;/h13-14H,5-12H2,1-4H3,(H3,17,19,21)(H3,18,20,22);1H. The van der Waals surface area contributed by atoms with Gasteiger partial charge in [-0.1, -0.05) is 40.5 Å². The lowest BCUT2D eigenvalue weighted by Crippen LogP contribution is -2.33. The van der Waals surface area contributed by atoms with Crippen molar-refractivity contribution in [2.45, 2.75) is 53.4 Å². The van der Waals surface area contributed by atoms with Gasteiger partial charge in [-0.2, -0.15) is 0 Å². The third-order valence-electron chi connectivity index (χ3n) is 2.97. The van der Waals surface area contributed by atoms with Gasteiger partial charge < -0.3 is 22.1 Å². The molecule has 0 radical (unpaired) electrons. The molecule has 138 valence electrons. The highest BCUT2D eigenvalue weighted by Crippen LogP contribution is 1.98. The molecular formula is C16H37IN6. The summed E-state index contributed by atoms with van der Waals surface area (Å²) in [4.78, 5) is 8.53. The number of nitrogens with one attached hydrogen (secondary N) is 2. The van der Waals surface area contributed by atoms with Crippen molar-refractivity contribution >= 4 is 35.9 Å². The topological polar surface area (TPSA) is 101 Å². The maximum atomic E-state index is 5.77. The van der Waals surface area contributed by atoms with Crippen LogP contribution in [0, 0.1) is 11.8 Å². The van der Waals surface area contributed by atoms with E-state index < -0.39 is 0 Å². The van der Waals surface area contributed by atoms with Crippen molar-refractivity contribution < 1.29 is 0 Å². The number of halogens is 1. The molecule has 0 amide bonds. The van der Waals surface area contributed by atoms with E-state index in [1.807, 2.05) is 0 Å². The zero-order valence-corrected chi connectivity index (χ0v) is 17.6. The van der Waals surface area contributed by atoms with E-state index in [0.29, 0.717) is 23.8 Å². The second-order valence-electron chi connectivity index (χ2n) is 6.51. The first-order valence-corrected chi connectivity index (χ1v) is 8.49. The fraction of sp³-hybridized carbons (Fsp3) is 0.875. The lowest BCUT2D eigenvalue weighted by Gasteiger charge is -2.08. The van der Waals surface area contributed by atoms with Gasteiger partial charge in [0.15, 0.2) is 11.9 Å². The Hall–Kier alpha value is -0.730. The number of hydrogen-bond acceptors (Lipinski definition) is 2. The molecule has 0 aromatic carbocycles. The van der Waals surface area contributed by atoms with Gasteiger partial charge in [0.2, 0.25) is 0 Å². The van der Waals surface area contributed by atoms with Crippen LogP contribution in [0.25, 0.3) is 0 Å². The predicted octanol–water partition coefficient (Wildman–Crippen LogP) is 2.29. The summed E-state index contributed by atoms with van der Waals surface area (Å²) in [6.45, 7) is 11.9. The molecule has 0 heterocycles. The van der Waals surface area contributed by atoms with Crippen LogP contribution in [0.4, 0.5) is 0 Å². The van der Waals surface area contributed by atoms with E-state index in [1.54, 1.807) is 0 Å². The Morgan fingerprint density at radius 1 is 0.739 bits per heavy atom. The van der Waals surface area contributed by atoms with Crippen LogP contribution >= 0.6 is 24.0 Å². The molecule has 0 aliphatic heterocycles. The lowest BCUT2D eigenvalue weighted by atomic mass is 10.2. The van der Waals surface area contributed by atoms with Gasteiger partial charge in [-0.15, -0.1) is 24.0 Å². The zero-order valence-electron chi connectivity index (χ0n) is 15.3. The molecule has 0 rings (SSSR count). The van der Waals surface area contributed by atoms with E-state index in [-0.39, 0.29) is 24.0 Å². The Balaban J connectivity index is 0. The highest BCUT2D eigenvalue weighted by Gasteiger charge is 1.96. The fourth-order valence-corrected chi connectivity index (χ4v) is 1.71. The SMILES string of the molecule is CC(C)CN=C(N)NCCCCCCNC(N)=NCC(C)C.I. The van der Waals surface area contributed by atoms with Gasteiger partial charge in [0.05, 0.1) is 0 Å². The molecule has 0 aliphatic carbocycles. The molecule has 0 fully saturated rings. The summed E-state index contributed by atoms with van der Waals surface area (Å²) in [6, 6.07) is 0. The minimum Gasteiger partial charge on any atom is -0.370 e. The van der Waals surface area contributed by atoms with E-state index in [2.05, 4.69) is 48.3 Å². The second kappa shape index (κ2) is 16.1. The van der Waals surface area contributed by atoms with Crippen LogP contribution in [-0.4, -0.2) is 38.1 Å². The number of hydrogen-bond donors (Lipinski definition) is 4. The lowest BCUT2D eigenvalue weighted by molar-refractivity contribution is 0.617. The molecule has 0 unspecified atom stereocenters. The Morgan fingerprint density at radius 3 is 1.39 bits per heavy atom. The molecule has 6 nitrogen and oxygen atoms in total. The molecular weight excluding hydrogens is 403 g/mol. The molecule has 0 saturated heterocycles. The first-order valence-electron chi connectivity index (χ1n) is 8.49. The Kier molecular flexibility index (Phi) is 17.2. The van der Waals surface area contributed by atoms with E-state index in [0.717, 1.165) is 39.0 Å². The van der Waals surface area contributed by atoms with Crippen molar-refractivity contribution in [3.63, 3.8) is 0 Å². The zero-order chi connectivity index (χ0) is 16.8. The van der Waals surface area contributed by atoms with Gasteiger partial charge in [0.25, 0.3) is 0 Å². The van der Waals surface area contributed by atoms with E-state index in [9.17, 15) is 0 Å². The summed E-state index contributed by atoms with van der Waals surface area (Å²) in [5.74, 6) is 2.21. The van der Waals surface area contributed by atoms with Crippen LogP contribution in [0.1, 0.15) is 53.4 Å². The van der Waals surface area contributed by atoms with Crippen molar-refractivity contribution in [3.05, 3.63) is 0 Å². The van der Waals surface area contributed by atoms with Crippen molar-refractivity contribution in [3.8, 4) is 0 Å². The van der Waals surface area contributed by atoms with Crippen LogP contribution in [0.15, 0.2) is 9.98 Å². The maximum absolute atomic E-state index is 5.77. The third-order valence-corrected chi connectivity index (χ3v) is 2.97. The number of aliphatic imine (C=N–C) groups is 2. The van der Waals surface area contributed by atoms with Crippen LogP contribution in [0.2, 0.25) is 0 Å². The van der Waals surface area contributed by atoms with Gasteiger partial charge in [-0.05, 0) is 24.7 Å². The Labute approximate surface area is 159 Å². The fourth-order valence-electron chi connectivity index (χ4n) is 1.71. The summed E-state index contributed by atoms with van der Waals surface area (Å²) in [5, 5.41) is 6.29. The van der Waals surface area contributed by atoms with Gasteiger partial charge in [-0.3, -0.25) is 9.98 Å². The maximum Gasteiger partial charge on any atom is 0.188 e. The number of guanidine groups is 2. The molecule has 0 saturated carbocycles.